The molecule has 7 nitrogen and oxygen atoms in total. The van der Waals surface area contributed by atoms with Crippen LogP contribution in [0, 0.1) is 0 Å². The summed E-state index contributed by atoms with van der Waals surface area (Å²) in [4.78, 5) is 15.8. The number of H-pyrrole nitrogens is 1. The first-order valence-corrected chi connectivity index (χ1v) is 11.9. The number of fused-ring (bicyclic) bond motifs is 4. The van der Waals surface area contributed by atoms with Crippen molar-refractivity contribution in [2.45, 2.75) is 6.42 Å². The molecule has 2 heterocycles. The van der Waals surface area contributed by atoms with E-state index in [1.54, 1.807) is 20.3 Å². The van der Waals surface area contributed by atoms with Gasteiger partial charge in [-0.2, -0.15) is 0 Å². The third kappa shape index (κ3) is 5.99. The molecule has 3 aromatic carbocycles. The molecular weight excluding hydrogens is 468 g/mol. The fourth-order valence-electron chi connectivity index (χ4n) is 4.09. The van der Waals surface area contributed by atoms with Crippen molar-refractivity contribution in [1.29, 1.82) is 0 Å². The Morgan fingerprint density at radius 2 is 1.80 bits per heavy atom. The number of anilines is 1. The zero-order chi connectivity index (χ0) is 25.4. The summed E-state index contributed by atoms with van der Waals surface area (Å²) in [6.07, 6.45) is 3.29. The number of halogens is 1. The van der Waals surface area contributed by atoms with Gasteiger partial charge in [0.25, 0.3) is 0 Å². The summed E-state index contributed by atoms with van der Waals surface area (Å²) in [6, 6.07) is 15.1. The van der Waals surface area contributed by atoms with Crippen LogP contribution in [0.5, 0.6) is 17.2 Å². The molecule has 0 bridgehead atoms. The SMILES string of the molecule is CCl.COCCOc1ccc2[nH]c(C=O)cc2c1.COc1ccc2c(O)cc3c(c2c1)CCN3C. The summed E-state index contributed by atoms with van der Waals surface area (Å²) in [6.45, 7) is 2.09. The quantitative estimate of drug-likeness (QED) is 0.210. The molecule has 4 aromatic rings. The number of aromatic nitrogens is 1. The maximum Gasteiger partial charge on any atom is 0.166 e. The molecule has 186 valence electrons. The molecule has 0 fully saturated rings. The van der Waals surface area contributed by atoms with E-state index in [1.165, 1.54) is 11.9 Å². The van der Waals surface area contributed by atoms with Gasteiger partial charge in [-0.05, 0) is 59.8 Å². The largest absolute Gasteiger partial charge is 0.507 e. The van der Waals surface area contributed by atoms with Gasteiger partial charge >= 0.3 is 0 Å². The monoisotopic (exact) mass is 498 g/mol. The number of aromatic hydroxyl groups is 1. The Hall–Kier alpha value is -3.42. The van der Waals surface area contributed by atoms with Crippen LogP contribution in [-0.4, -0.2) is 63.8 Å². The van der Waals surface area contributed by atoms with Crippen LogP contribution in [0.15, 0.2) is 48.5 Å². The van der Waals surface area contributed by atoms with Crippen LogP contribution in [-0.2, 0) is 11.2 Å². The molecule has 2 N–H and O–H groups in total. The second kappa shape index (κ2) is 12.3. The zero-order valence-corrected chi connectivity index (χ0v) is 21.2. The van der Waals surface area contributed by atoms with Crippen LogP contribution in [0.4, 0.5) is 5.69 Å². The minimum absolute atomic E-state index is 0.343. The summed E-state index contributed by atoms with van der Waals surface area (Å²) < 4.78 is 15.6. The van der Waals surface area contributed by atoms with E-state index in [2.05, 4.69) is 28.5 Å². The van der Waals surface area contributed by atoms with Gasteiger partial charge < -0.3 is 29.2 Å². The number of ether oxygens (including phenoxy) is 3. The molecule has 1 aliphatic rings. The summed E-state index contributed by atoms with van der Waals surface area (Å²) in [7, 11) is 5.35. The lowest BCUT2D eigenvalue weighted by Gasteiger charge is -2.14. The van der Waals surface area contributed by atoms with Crippen molar-refractivity contribution in [1.82, 2.24) is 4.98 Å². The van der Waals surface area contributed by atoms with Crippen molar-refractivity contribution in [3.63, 3.8) is 0 Å². The van der Waals surface area contributed by atoms with Gasteiger partial charge in [-0.15, -0.1) is 11.6 Å². The molecule has 35 heavy (non-hydrogen) atoms. The van der Waals surface area contributed by atoms with E-state index in [4.69, 9.17) is 14.2 Å². The van der Waals surface area contributed by atoms with Gasteiger partial charge in [0.1, 0.15) is 23.9 Å². The Bertz CT molecular complexity index is 1290. The van der Waals surface area contributed by atoms with Gasteiger partial charge in [0.05, 0.1) is 19.4 Å². The summed E-state index contributed by atoms with van der Waals surface area (Å²) in [5.74, 6) is 1.95. The highest BCUT2D eigenvalue weighted by molar-refractivity contribution is 6.15. The van der Waals surface area contributed by atoms with Crippen molar-refractivity contribution >= 4 is 45.2 Å². The number of nitrogens with one attached hydrogen (secondary N) is 1. The van der Waals surface area contributed by atoms with Gasteiger partial charge in [-0.25, -0.2) is 0 Å². The molecule has 1 aliphatic heterocycles. The van der Waals surface area contributed by atoms with E-state index in [9.17, 15) is 9.90 Å². The van der Waals surface area contributed by atoms with Crippen molar-refractivity contribution in [2.75, 3.05) is 52.3 Å². The fraction of sp³-hybridized carbons (Fsp3) is 0.296. The van der Waals surface area contributed by atoms with Gasteiger partial charge in [0.15, 0.2) is 6.29 Å². The number of alkyl halides is 1. The van der Waals surface area contributed by atoms with Crippen LogP contribution in [0.2, 0.25) is 0 Å². The Kier molecular flexibility index (Phi) is 9.23. The molecule has 0 radical (unpaired) electrons. The molecule has 0 unspecified atom stereocenters. The number of aromatic amines is 1. The third-order valence-corrected chi connectivity index (χ3v) is 5.82. The van der Waals surface area contributed by atoms with E-state index >= 15 is 0 Å². The number of carbonyl (C=O) groups excluding carboxylic acids is 1. The van der Waals surface area contributed by atoms with Gasteiger partial charge in [0, 0.05) is 55.1 Å². The number of methoxy groups -OCH3 is 2. The topological polar surface area (TPSA) is 84.0 Å². The highest BCUT2D eigenvalue weighted by Gasteiger charge is 2.20. The minimum atomic E-state index is 0.343. The number of hydrogen-bond acceptors (Lipinski definition) is 6. The number of likely N-dealkylation sites (N-methyl/N-ethyl adjacent to an activating group) is 1. The minimum Gasteiger partial charge on any atom is -0.507 e. The smallest absolute Gasteiger partial charge is 0.166 e. The van der Waals surface area contributed by atoms with E-state index < -0.39 is 0 Å². The number of carbonyl (C=O) groups is 1. The van der Waals surface area contributed by atoms with E-state index in [-0.39, 0.29) is 0 Å². The first kappa shape index (κ1) is 26.2. The maximum atomic E-state index is 10.6. The summed E-state index contributed by atoms with van der Waals surface area (Å²) in [5.41, 5.74) is 3.94. The number of phenolic OH excluding ortho intramolecular Hbond substituents is 1. The third-order valence-electron chi connectivity index (χ3n) is 5.82. The molecule has 5 rings (SSSR count). The second-order valence-electron chi connectivity index (χ2n) is 7.91. The van der Waals surface area contributed by atoms with Crippen LogP contribution < -0.4 is 14.4 Å². The van der Waals surface area contributed by atoms with Crippen molar-refractivity contribution in [3.8, 4) is 17.2 Å². The van der Waals surface area contributed by atoms with Crippen molar-refractivity contribution in [3.05, 3.63) is 59.8 Å². The highest BCUT2D eigenvalue weighted by Crippen LogP contribution is 2.40. The molecule has 0 amide bonds. The zero-order valence-electron chi connectivity index (χ0n) is 20.4. The Morgan fingerprint density at radius 3 is 2.51 bits per heavy atom. The van der Waals surface area contributed by atoms with Gasteiger partial charge in [-0.3, -0.25) is 4.79 Å². The van der Waals surface area contributed by atoms with E-state index in [0.29, 0.717) is 24.7 Å². The number of nitrogens with zero attached hydrogens (tertiary/aromatic N) is 1. The predicted molar refractivity (Wildman–Crippen MR) is 142 cm³/mol. The maximum absolute atomic E-state index is 10.6. The first-order valence-electron chi connectivity index (χ1n) is 11.1. The first-order chi connectivity index (χ1) is 17.0. The van der Waals surface area contributed by atoms with Crippen LogP contribution >= 0.6 is 11.6 Å². The Labute approximate surface area is 210 Å². The molecule has 0 saturated heterocycles. The van der Waals surface area contributed by atoms with E-state index in [0.717, 1.165) is 58.1 Å². The van der Waals surface area contributed by atoms with Crippen molar-refractivity contribution in [2.24, 2.45) is 0 Å². The lowest BCUT2D eigenvalue weighted by Crippen LogP contribution is -2.12. The van der Waals surface area contributed by atoms with Crippen LogP contribution in [0.3, 0.4) is 0 Å². The number of aldehydes is 1. The van der Waals surface area contributed by atoms with Crippen LogP contribution in [0.1, 0.15) is 16.1 Å². The highest BCUT2D eigenvalue weighted by atomic mass is 35.5. The molecule has 0 saturated carbocycles. The second-order valence-corrected chi connectivity index (χ2v) is 7.91. The Morgan fingerprint density at radius 1 is 1.03 bits per heavy atom. The lowest BCUT2D eigenvalue weighted by molar-refractivity contribution is 0.111. The molecule has 0 atom stereocenters. The number of phenols is 1. The normalized spacial score (nSPS) is 11.9. The van der Waals surface area contributed by atoms with Crippen molar-refractivity contribution < 1.29 is 24.1 Å². The average Bonchev–Trinajstić information content (AvgIpc) is 3.48. The molecule has 0 spiro atoms. The average molecular weight is 499 g/mol. The van der Waals surface area contributed by atoms with Crippen LogP contribution in [0.25, 0.3) is 21.7 Å². The van der Waals surface area contributed by atoms with Gasteiger partial charge in [0.2, 0.25) is 0 Å². The molecule has 0 aliphatic carbocycles. The summed E-state index contributed by atoms with van der Waals surface area (Å²) >= 11 is 4.64. The molecular formula is C27H31ClN2O5. The number of hydrogen-bond donors (Lipinski definition) is 2. The number of benzene rings is 3. The van der Waals surface area contributed by atoms with E-state index in [1.807, 2.05) is 42.5 Å². The summed E-state index contributed by atoms with van der Waals surface area (Å²) in [5, 5.41) is 13.0. The van der Waals surface area contributed by atoms with Gasteiger partial charge in [-0.1, -0.05) is 0 Å². The fourth-order valence-corrected chi connectivity index (χ4v) is 4.09. The standard InChI is InChI=1S/C14H15NO2.C12H13NO3.CH3Cl/c1-15-6-5-10-12-7-9(17-2)3-4-11(12)14(16)8-13(10)15;1-15-4-5-16-11-2-3-12-9(7-11)6-10(8-14)13-12;1-2/h3-4,7-8,16H,5-6H2,1-2H3;2-3,6-8,13H,4-5H2,1H3;1H3. The predicted octanol–water partition coefficient (Wildman–Crippen LogP) is 5.41. The Balaban J connectivity index is 0.000000183. The lowest BCUT2D eigenvalue weighted by atomic mass is 10.0. The molecule has 1 aromatic heterocycles. The molecule has 8 heteroatoms. The number of rotatable bonds is 6.